The van der Waals surface area contributed by atoms with Gasteiger partial charge in [0.1, 0.15) is 9.85 Å². The molecule has 10 nitrogen and oxygen atoms in total. The molecule has 0 fully saturated rings. The largest absolute Gasteiger partial charge is 0.581 e. The quantitative estimate of drug-likeness (QED) is 0.0845. The van der Waals surface area contributed by atoms with Gasteiger partial charge in [0.15, 0.2) is 0 Å². The predicted octanol–water partition coefficient (Wildman–Crippen LogP) is 4.55. The van der Waals surface area contributed by atoms with E-state index in [0.717, 1.165) is 25.3 Å². The summed E-state index contributed by atoms with van der Waals surface area (Å²) >= 11 is 0. The lowest BCUT2D eigenvalue weighted by atomic mass is 10.0. The summed E-state index contributed by atoms with van der Waals surface area (Å²) in [5.41, 5.74) is -3.57. The highest BCUT2D eigenvalue weighted by atomic mass is 16.7. The van der Waals surface area contributed by atoms with Crippen LogP contribution in [0.3, 0.4) is 0 Å². The summed E-state index contributed by atoms with van der Waals surface area (Å²) in [5, 5.41) is 33.0. The van der Waals surface area contributed by atoms with Crippen LogP contribution in [0.15, 0.2) is 85.1 Å². The molecule has 0 saturated heterocycles. The van der Waals surface area contributed by atoms with Crippen LogP contribution in [-0.4, -0.2) is 32.8 Å². The van der Waals surface area contributed by atoms with E-state index in [1.165, 1.54) is 0 Å². The highest BCUT2D eigenvalue weighted by Gasteiger charge is 2.70. The lowest BCUT2D eigenvalue weighted by molar-refractivity contribution is -0.808. The molecule has 0 aromatic heterocycles. The van der Waals surface area contributed by atoms with Gasteiger partial charge in [-0.05, 0) is 25.7 Å². The van der Waals surface area contributed by atoms with Crippen molar-refractivity contribution in [2.24, 2.45) is 0 Å². The van der Waals surface area contributed by atoms with Gasteiger partial charge in [0.2, 0.25) is 0 Å². The van der Waals surface area contributed by atoms with Gasteiger partial charge >= 0.3 is 11.7 Å². The molecule has 1 atom stereocenters. The van der Waals surface area contributed by atoms with Crippen LogP contribution in [0.4, 0.5) is 0 Å². The summed E-state index contributed by atoms with van der Waals surface area (Å²) < 4.78 is 0. The van der Waals surface area contributed by atoms with E-state index in [9.17, 15) is 35.1 Å². The fourth-order valence-corrected chi connectivity index (χ4v) is 2.27. The average Bonchev–Trinajstić information content (AvgIpc) is 2.74. The third-order valence-corrected chi connectivity index (χ3v) is 3.95. The molecule has 10 heteroatoms. The zero-order valence-electron chi connectivity index (χ0n) is 17.8. The molecule has 0 N–H and O–H groups in total. The Morgan fingerprint density at radius 1 is 0.688 bits per heavy atom. The Morgan fingerprint density at radius 3 is 1.56 bits per heavy atom. The van der Waals surface area contributed by atoms with E-state index in [0.29, 0.717) is 6.08 Å². The Kier molecular flexibility index (Phi) is 14.7. The summed E-state index contributed by atoms with van der Waals surface area (Å²) in [6, 6.07) is -2.42. The first-order chi connectivity index (χ1) is 15.3. The van der Waals surface area contributed by atoms with Gasteiger partial charge in [-0.2, -0.15) is 0 Å². The molecule has 0 radical (unpaired) electrons. The first-order valence-corrected chi connectivity index (χ1v) is 9.85. The van der Waals surface area contributed by atoms with E-state index >= 15 is 0 Å². The number of carbonyl (C=O) groups excluding carboxylic acids is 1. The number of nitrogens with zero attached hydrogens (tertiary/aromatic N) is 3. The predicted molar refractivity (Wildman–Crippen MR) is 122 cm³/mol. The molecule has 172 valence electrons. The molecule has 0 saturated carbocycles. The van der Waals surface area contributed by atoms with Crippen LogP contribution < -0.4 is 0 Å². The van der Waals surface area contributed by atoms with E-state index in [4.69, 9.17) is 0 Å². The van der Waals surface area contributed by atoms with Crippen molar-refractivity contribution >= 4 is 6.29 Å². The molecule has 0 aliphatic carbocycles. The van der Waals surface area contributed by atoms with Crippen LogP contribution in [0.2, 0.25) is 0 Å². The van der Waals surface area contributed by atoms with Gasteiger partial charge in [-0.15, -0.1) is 0 Å². The zero-order chi connectivity index (χ0) is 24.2. The van der Waals surface area contributed by atoms with Crippen molar-refractivity contribution < 1.29 is 19.6 Å². The maximum absolute atomic E-state index is 11.1. The summed E-state index contributed by atoms with van der Waals surface area (Å²) in [6.45, 7) is 2.09. The Bertz CT molecular complexity index is 822. The van der Waals surface area contributed by atoms with Crippen LogP contribution in [0, 0.1) is 30.3 Å². The number of allylic oxidation sites excluding steroid dienone is 13. The van der Waals surface area contributed by atoms with E-state index in [1.54, 1.807) is 30.4 Å². The number of aldehydes is 1. The summed E-state index contributed by atoms with van der Waals surface area (Å²) in [6.07, 6.45) is 26.8. The number of carbonyl (C=O) groups is 1. The first kappa shape index (κ1) is 28.0. The standard InChI is InChI=1S/C22H27N3O7/c1-2-3-4-5-6-7-8-9-10-11-12-13-14-15-16-17-18-19-21(23(27)28)22(20-26,24(29)30)25(31)32/h3-4,6-7,9-16,18-21H,2,5,8,17H2,1H3/b4-3+,7-6+,10-9+,12-11+,14-13+,16-15+,19-18+. The molecule has 32 heavy (non-hydrogen) atoms. The Balaban J connectivity index is 4.59. The van der Waals surface area contributed by atoms with E-state index in [-0.39, 0.29) is 6.42 Å². The van der Waals surface area contributed by atoms with Crippen molar-refractivity contribution in [1.29, 1.82) is 0 Å². The zero-order valence-corrected chi connectivity index (χ0v) is 17.8. The molecule has 0 heterocycles. The van der Waals surface area contributed by atoms with Gasteiger partial charge in [0.25, 0.3) is 6.29 Å². The minimum atomic E-state index is -3.57. The van der Waals surface area contributed by atoms with Gasteiger partial charge in [-0.25, -0.2) is 0 Å². The van der Waals surface area contributed by atoms with Crippen molar-refractivity contribution in [2.45, 2.75) is 44.3 Å². The molecular weight excluding hydrogens is 418 g/mol. The van der Waals surface area contributed by atoms with Crippen LogP contribution in [0.1, 0.15) is 32.6 Å². The number of hydrogen-bond donors (Lipinski definition) is 0. The minimum absolute atomic E-state index is 0.127. The second-order valence-electron chi connectivity index (χ2n) is 6.26. The SMILES string of the molecule is CC/C=C/C/C=C/C/C=C/C=C/C=C/C=C/C/C=C/C([N+](=O)[O-])C(C=O)([N+](=O)[O-])[N+](=O)[O-]. The number of nitro groups is 3. The van der Waals surface area contributed by atoms with Crippen LogP contribution in [0.25, 0.3) is 0 Å². The number of hydrogen-bond acceptors (Lipinski definition) is 7. The molecule has 0 amide bonds. The smallest absolute Gasteiger partial charge is 0.287 e. The monoisotopic (exact) mass is 445 g/mol. The van der Waals surface area contributed by atoms with Gasteiger partial charge in [0.05, 0.1) is 0 Å². The van der Waals surface area contributed by atoms with Crippen molar-refractivity contribution in [2.75, 3.05) is 0 Å². The topological polar surface area (TPSA) is 146 Å². The summed E-state index contributed by atoms with van der Waals surface area (Å²) in [5.74, 6) is 0. The summed E-state index contributed by atoms with van der Waals surface area (Å²) in [7, 11) is 0. The van der Waals surface area contributed by atoms with Gasteiger partial charge in [0, 0.05) is 11.0 Å². The van der Waals surface area contributed by atoms with E-state index in [2.05, 4.69) is 31.2 Å². The average molecular weight is 445 g/mol. The highest BCUT2D eigenvalue weighted by Crippen LogP contribution is 2.18. The Labute approximate surface area is 186 Å². The third-order valence-electron chi connectivity index (χ3n) is 3.95. The molecule has 0 aromatic carbocycles. The fourth-order valence-electron chi connectivity index (χ4n) is 2.27. The maximum Gasteiger partial charge on any atom is 0.581 e. The van der Waals surface area contributed by atoms with Crippen molar-refractivity contribution in [3.8, 4) is 0 Å². The van der Waals surface area contributed by atoms with Crippen LogP contribution >= 0.6 is 0 Å². The Morgan fingerprint density at radius 2 is 1.12 bits per heavy atom. The van der Waals surface area contributed by atoms with Crippen molar-refractivity contribution in [3.05, 3.63) is 115 Å². The third kappa shape index (κ3) is 10.2. The number of rotatable bonds is 16. The van der Waals surface area contributed by atoms with Gasteiger partial charge in [-0.1, -0.05) is 85.9 Å². The normalized spacial score (nSPS) is 14.2. The molecule has 1 unspecified atom stereocenters. The molecule has 0 aliphatic rings. The lowest BCUT2D eigenvalue weighted by Gasteiger charge is -2.12. The Hall–Kier alpha value is -3.95. The second kappa shape index (κ2) is 16.8. The summed E-state index contributed by atoms with van der Waals surface area (Å²) in [4.78, 5) is 39.6. The van der Waals surface area contributed by atoms with Crippen LogP contribution in [0.5, 0.6) is 0 Å². The second-order valence-corrected chi connectivity index (χ2v) is 6.26. The van der Waals surface area contributed by atoms with Gasteiger partial charge < -0.3 is 0 Å². The maximum atomic E-state index is 11.1. The molecule has 0 aromatic rings. The highest BCUT2D eigenvalue weighted by molar-refractivity contribution is 5.61. The fraction of sp³-hybridized carbons (Fsp3) is 0.318. The van der Waals surface area contributed by atoms with Gasteiger partial charge in [-0.3, -0.25) is 35.1 Å². The molecule has 0 spiro atoms. The van der Waals surface area contributed by atoms with Crippen molar-refractivity contribution in [1.82, 2.24) is 0 Å². The molecule has 0 bridgehead atoms. The van der Waals surface area contributed by atoms with E-state index < -0.39 is 32.8 Å². The molecular formula is C22H27N3O7. The molecule has 0 rings (SSSR count). The molecule has 0 aliphatic heterocycles. The minimum Gasteiger partial charge on any atom is -0.287 e. The van der Waals surface area contributed by atoms with Crippen molar-refractivity contribution in [3.63, 3.8) is 0 Å². The van der Waals surface area contributed by atoms with Crippen LogP contribution in [-0.2, 0) is 4.79 Å². The lowest BCUT2D eigenvalue weighted by Crippen LogP contribution is -2.59. The van der Waals surface area contributed by atoms with E-state index in [1.807, 2.05) is 18.2 Å². The first-order valence-electron chi connectivity index (χ1n) is 9.85.